The molecule has 0 aliphatic rings. The molecule has 0 bridgehead atoms. The summed E-state index contributed by atoms with van der Waals surface area (Å²) in [4.78, 5) is 0. The van der Waals surface area contributed by atoms with E-state index in [0.717, 1.165) is 21.2 Å². The van der Waals surface area contributed by atoms with Crippen LogP contribution in [0.2, 0.25) is 5.02 Å². The molecule has 0 amide bonds. The van der Waals surface area contributed by atoms with Gasteiger partial charge in [-0.1, -0.05) is 39.7 Å². The van der Waals surface area contributed by atoms with Crippen LogP contribution in [0.5, 0.6) is 0 Å². The van der Waals surface area contributed by atoms with Crippen molar-refractivity contribution in [2.45, 2.75) is 19.4 Å². The van der Waals surface area contributed by atoms with Gasteiger partial charge in [-0.25, -0.2) is 4.39 Å². The zero-order valence-electron chi connectivity index (χ0n) is 10.3. The topological polar surface area (TPSA) is 20.2 Å². The third-order valence-electron chi connectivity index (χ3n) is 3.05. The Balaban J connectivity index is 2.25. The summed E-state index contributed by atoms with van der Waals surface area (Å²) in [5, 5.41) is 10.9. The van der Waals surface area contributed by atoms with E-state index in [1.807, 2.05) is 6.92 Å². The van der Waals surface area contributed by atoms with Crippen LogP contribution in [-0.2, 0) is 6.42 Å². The number of aryl methyl sites for hydroxylation is 1. The second kappa shape index (κ2) is 6.04. The lowest BCUT2D eigenvalue weighted by Gasteiger charge is -2.15. The first kappa shape index (κ1) is 14.5. The first-order chi connectivity index (χ1) is 8.97. The number of rotatable bonds is 3. The standard InChI is InChI=1S/C15H13BrClFO/c1-9-2-4-12(18)6-10(9)7-15(19)13-5-3-11(17)8-14(13)16/h2-6,8,15,19H,7H2,1H3. The minimum absolute atomic E-state index is 0.289. The van der Waals surface area contributed by atoms with Crippen molar-refractivity contribution in [2.75, 3.05) is 0 Å². The fourth-order valence-electron chi connectivity index (χ4n) is 1.95. The molecule has 0 spiro atoms. The molecule has 2 aromatic carbocycles. The average Bonchev–Trinajstić information content (AvgIpc) is 2.33. The Labute approximate surface area is 125 Å². The maximum absolute atomic E-state index is 13.2. The summed E-state index contributed by atoms with van der Waals surface area (Å²) < 4.78 is 14.0. The van der Waals surface area contributed by atoms with Crippen LogP contribution >= 0.6 is 27.5 Å². The van der Waals surface area contributed by atoms with Gasteiger partial charge in [0.05, 0.1) is 6.10 Å². The number of aliphatic hydroxyl groups excluding tert-OH is 1. The number of hydrogen-bond donors (Lipinski definition) is 1. The highest BCUT2D eigenvalue weighted by atomic mass is 79.9. The van der Waals surface area contributed by atoms with Gasteiger partial charge in [-0.05, 0) is 47.9 Å². The molecule has 0 aliphatic heterocycles. The van der Waals surface area contributed by atoms with Gasteiger partial charge >= 0.3 is 0 Å². The van der Waals surface area contributed by atoms with Crippen molar-refractivity contribution in [3.05, 3.63) is 68.4 Å². The van der Waals surface area contributed by atoms with E-state index in [2.05, 4.69) is 15.9 Å². The normalized spacial score (nSPS) is 12.5. The molecular formula is C15H13BrClFO. The molecule has 0 fully saturated rings. The van der Waals surface area contributed by atoms with Crippen LogP contribution < -0.4 is 0 Å². The molecule has 1 atom stereocenters. The molecule has 2 rings (SSSR count). The SMILES string of the molecule is Cc1ccc(F)cc1CC(O)c1ccc(Cl)cc1Br. The fourth-order valence-corrected chi connectivity index (χ4v) is 2.90. The quantitative estimate of drug-likeness (QED) is 0.846. The molecule has 0 saturated carbocycles. The zero-order chi connectivity index (χ0) is 14.0. The lowest BCUT2D eigenvalue weighted by atomic mass is 9.98. The second-order valence-electron chi connectivity index (χ2n) is 4.46. The number of aliphatic hydroxyl groups is 1. The van der Waals surface area contributed by atoms with Crippen LogP contribution in [-0.4, -0.2) is 5.11 Å². The number of hydrogen-bond acceptors (Lipinski definition) is 1. The van der Waals surface area contributed by atoms with Gasteiger partial charge in [-0.2, -0.15) is 0 Å². The Kier molecular flexibility index (Phi) is 4.61. The molecule has 2 aromatic rings. The van der Waals surface area contributed by atoms with Gasteiger partial charge in [0.15, 0.2) is 0 Å². The molecule has 0 aliphatic carbocycles. The van der Waals surface area contributed by atoms with E-state index in [9.17, 15) is 9.50 Å². The molecule has 1 N–H and O–H groups in total. The van der Waals surface area contributed by atoms with Gasteiger partial charge in [0.2, 0.25) is 0 Å². The summed E-state index contributed by atoms with van der Waals surface area (Å²) >= 11 is 9.24. The van der Waals surface area contributed by atoms with Gasteiger partial charge in [-0.15, -0.1) is 0 Å². The van der Waals surface area contributed by atoms with Gasteiger partial charge in [0.25, 0.3) is 0 Å². The van der Waals surface area contributed by atoms with Crippen LogP contribution in [0, 0.1) is 12.7 Å². The molecule has 0 radical (unpaired) electrons. The maximum Gasteiger partial charge on any atom is 0.123 e. The predicted octanol–water partition coefficient (Wildman–Crippen LogP) is 4.83. The minimum atomic E-state index is -0.702. The average molecular weight is 344 g/mol. The van der Waals surface area contributed by atoms with Crippen LogP contribution in [0.15, 0.2) is 40.9 Å². The summed E-state index contributed by atoms with van der Waals surface area (Å²) in [6, 6.07) is 9.83. The van der Waals surface area contributed by atoms with E-state index in [0.29, 0.717) is 11.4 Å². The molecule has 0 heterocycles. The number of benzene rings is 2. The predicted molar refractivity (Wildman–Crippen MR) is 79.0 cm³/mol. The van der Waals surface area contributed by atoms with Crippen LogP contribution in [0.25, 0.3) is 0 Å². The Morgan fingerprint density at radius 1 is 1.26 bits per heavy atom. The molecule has 4 heteroatoms. The van der Waals surface area contributed by atoms with E-state index in [-0.39, 0.29) is 5.82 Å². The van der Waals surface area contributed by atoms with Gasteiger partial charge in [0, 0.05) is 15.9 Å². The smallest absolute Gasteiger partial charge is 0.123 e. The van der Waals surface area contributed by atoms with Gasteiger partial charge in [-0.3, -0.25) is 0 Å². The largest absolute Gasteiger partial charge is 0.388 e. The summed E-state index contributed by atoms with van der Waals surface area (Å²) in [6.07, 6.45) is -0.337. The highest BCUT2D eigenvalue weighted by molar-refractivity contribution is 9.10. The molecule has 1 unspecified atom stereocenters. The zero-order valence-corrected chi connectivity index (χ0v) is 12.7. The Bertz CT molecular complexity index is 601. The maximum atomic E-state index is 13.2. The summed E-state index contributed by atoms with van der Waals surface area (Å²) in [6.45, 7) is 1.90. The lowest BCUT2D eigenvalue weighted by Crippen LogP contribution is -2.04. The van der Waals surface area contributed by atoms with Crippen molar-refractivity contribution in [1.29, 1.82) is 0 Å². The molecule has 0 saturated heterocycles. The third-order valence-corrected chi connectivity index (χ3v) is 3.97. The first-order valence-electron chi connectivity index (χ1n) is 5.85. The van der Waals surface area contributed by atoms with E-state index in [1.165, 1.54) is 12.1 Å². The van der Waals surface area contributed by atoms with Crippen LogP contribution in [0.1, 0.15) is 22.8 Å². The summed E-state index contributed by atoms with van der Waals surface area (Å²) in [5.74, 6) is -0.289. The first-order valence-corrected chi connectivity index (χ1v) is 7.02. The van der Waals surface area contributed by atoms with Gasteiger partial charge in [0.1, 0.15) is 5.82 Å². The Hall–Kier alpha value is -0.900. The van der Waals surface area contributed by atoms with Crippen LogP contribution in [0.4, 0.5) is 4.39 Å². The Morgan fingerprint density at radius 3 is 2.68 bits per heavy atom. The van der Waals surface area contributed by atoms with Crippen molar-refractivity contribution < 1.29 is 9.50 Å². The van der Waals surface area contributed by atoms with E-state index in [4.69, 9.17) is 11.6 Å². The number of halogens is 3. The van der Waals surface area contributed by atoms with Crippen molar-refractivity contribution in [1.82, 2.24) is 0 Å². The molecule has 0 aromatic heterocycles. The molecule has 1 nitrogen and oxygen atoms in total. The van der Waals surface area contributed by atoms with E-state index >= 15 is 0 Å². The van der Waals surface area contributed by atoms with Crippen molar-refractivity contribution in [3.8, 4) is 0 Å². The lowest BCUT2D eigenvalue weighted by molar-refractivity contribution is 0.177. The van der Waals surface area contributed by atoms with E-state index < -0.39 is 6.10 Å². The van der Waals surface area contributed by atoms with Crippen molar-refractivity contribution >= 4 is 27.5 Å². The van der Waals surface area contributed by atoms with Crippen LogP contribution in [0.3, 0.4) is 0 Å². The molecule has 19 heavy (non-hydrogen) atoms. The fraction of sp³-hybridized carbons (Fsp3) is 0.200. The highest BCUT2D eigenvalue weighted by Crippen LogP contribution is 2.29. The van der Waals surface area contributed by atoms with Crippen molar-refractivity contribution in [2.24, 2.45) is 0 Å². The second-order valence-corrected chi connectivity index (χ2v) is 5.75. The Morgan fingerprint density at radius 2 is 2.00 bits per heavy atom. The summed E-state index contributed by atoms with van der Waals surface area (Å²) in [5.41, 5.74) is 2.51. The molecular weight excluding hydrogens is 331 g/mol. The van der Waals surface area contributed by atoms with Gasteiger partial charge < -0.3 is 5.11 Å². The summed E-state index contributed by atoms with van der Waals surface area (Å²) in [7, 11) is 0. The van der Waals surface area contributed by atoms with Crippen molar-refractivity contribution in [3.63, 3.8) is 0 Å². The molecule has 100 valence electrons. The highest BCUT2D eigenvalue weighted by Gasteiger charge is 2.14. The third kappa shape index (κ3) is 3.56. The minimum Gasteiger partial charge on any atom is -0.388 e. The monoisotopic (exact) mass is 342 g/mol. The van der Waals surface area contributed by atoms with E-state index in [1.54, 1.807) is 24.3 Å².